The number of esters is 1. The van der Waals surface area contributed by atoms with E-state index in [1.807, 2.05) is 0 Å². The number of hydrogen-bond donors (Lipinski definition) is 3. The number of phenols is 2. The molecular weight excluding hydrogens is 352 g/mol. The Balaban J connectivity index is 1.85. The van der Waals surface area contributed by atoms with Crippen LogP contribution in [-0.4, -0.2) is 47.7 Å². The van der Waals surface area contributed by atoms with Crippen molar-refractivity contribution in [3.05, 3.63) is 47.5 Å². The highest BCUT2D eigenvalue weighted by atomic mass is 16.6. The first-order chi connectivity index (χ1) is 12.9. The second kappa shape index (κ2) is 7.36. The molecule has 0 spiro atoms. The van der Waals surface area contributed by atoms with Gasteiger partial charge in [-0.05, 0) is 41.8 Å². The highest BCUT2D eigenvalue weighted by Crippen LogP contribution is 2.38. The third-order valence-electron chi connectivity index (χ3n) is 4.80. The lowest BCUT2D eigenvalue weighted by Gasteiger charge is -2.35. The number of phenolic OH excluding ortho intramolecular Hbond substituents is 2. The van der Waals surface area contributed by atoms with Crippen molar-refractivity contribution in [1.82, 2.24) is 0 Å². The fourth-order valence-corrected chi connectivity index (χ4v) is 3.34. The minimum Gasteiger partial charge on any atom is -0.504 e. The van der Waals surface area contributed by atoms with Gasteiger partial charge in [-0.2, -0.15) is 0 Å². The largest absolute Gasteiger partial charge is 0.504 e. The van der Waals surface area contributed by atoms with E-state index in [4.69, 9.17) is 14.2 Å². The number of ether oxygens (including phenoxy) is 3. The van der Waals surface area contributed by atoms with Crippen molar-refractivity contribution in [2.45, 2.75) is 24.4 Å². The maximum absolute atomic E-state index is 12.3. The number of benzene rings is 2. The average molecular weight is 374 g/mol. The summed E-state index contributed by atoms with van der Waals surface area (Å²) in [6.07, 6.45) is 0.178. The Bertz CT molecular complexity index is 848. The summed E-state index contributed by atoms with van der Waals surface area (Å²) in [4.78, 5) is 12.3. The molecule has 0 radical (unpaired) electrons. The van der Waals surface area contributed by atoms with E-state index in [-0.39, 0.29) is 42.6 Å². The normalized spacial score (nSPS) is 22.2. The monoisotopic (exact) mass is 374 g/mol. The molecule has 0 bridgehead atoms. The third kappa shape index (κ3) is 3.78. The summed E-state index contributed by atoms with van der Waals surface area (Å²) < 4.78 is 15.4. The maximum Gasteiger partial charge on any atom is 0.338 e. The van der Waals surface area contributed by atoms with E-state index in [0.29, 0.717) is 11.3 Å². The minimum atomic E-state index is -1.71. The first-order valence-electron chi connectivity index (χ1n) is 8.48. The summed E-state index contributed by atoms with van der Waals surface area (Å²) in [6.45, 7) is 0.133. The molecule has 2 aromatic rings. The van der Waals surface area contributed by atoms with Crippen LogP contribution in [0.25, 0.3) is 0 Å². The number of methoxy groups -OCH3 is 2. The van der Waals surface area contributed by atoms with Gasteiger partial charge in [0.1, 0.15) is 0 Å². The summed E-state index contributed by atoms with van der Waals surface area (Å²) in [5, 5.41) is 30.4. The van der Waals surface area contributed by atoms with E-state index in [1.165, 1.54) is 26.4 Å². The fourth-order valence-electron chi connectivity index (χ4n) is 3.34. The van der Waals surface area contributed by atoms with Crippen LogP contribution >= 0.6 is 0 Å². The fraction of sp³-hybridized carbons (Fsp3) is 0.350. The molecule has 3 N–H and O–H groups in total. The molecule has 2 aromatic carbocycles. The van der Waals surface area contributed by atoms with Gasteiger partial charge >= 0.3 is 5.97 Å². The van der Waals surface area contributed by atoms with Crippen LogP contribution in [0.15, 0.2) is 36.4 Å². The zero-order valence-electron chi connectivity index (χ0n) is 15.1. The number of aliphatic hydroxyl groups is 1. The smallest absolute Gasteiger partial charge is 0.338 e. The van der Waals surface area contributed by atoms with Crippen molar-refractivity contribution in [3.63, 3.8) is 0 Å². The molecule has 27 heavy (non-hydrogen) atoms. The van der Waals surface area contributed by atoms with E-state index in [0.717, 1.165) is 5.56 Å². The molecule has 0 unspecified atom stereocenters. The highest BCUT2D eigenvalue weighted by Gasteiger charge is 2.44. The lowest BCUT2D eigenvalue weighted by Crippen LogP contribution is -2.48. The molecule has 0 amide bonds. The Morgan fingerprint density at radius 2 is 1.70 bits per heavy atom. The molecule has 1 aliphatic heterocycles. The molecule has 3 rings (SSSR count). The van der Waals surface area contributed by atoms with E-state index in [9.17, 15) is 20.1 Å². The molecule has 7 nitrogen and oxygen atoms in total. The van der Waals surface area contributed by atoms with E-state index in [2.05, 4.69) is 0 Å². The van der Waals surface area contributed by atoms with Gasteiger partial charge in [-0.25, -0.2) is 4.79 Å². The molecule has 1 fully saturated rings. The SMILES string of the molecule is COc1cc(C[C@]2(O)C[C@@H](c3ccc(O)c(OC)c3)COC2=O)ccc1O. The quantitative estimate of drug-likeness (QED) is 0.689. The van der Waals surface area contributed by atoms with Crippen LogP contribution in [-0.2, 0) is 16.0 Å². The molecule has 0 saturated carbocycles. The van der Waals surface area contributed by atoms with Gasteiger partial charge < -0.3 is 29.5 Å². The van der Waals surface area contributed by atoms with Gasteiger partial charge in [-0.15, -0.1) is 0 Å². The van der Waals surface area contributed by atoms with Gasteiger partial charge in [-0.1, -0.05) is 12.1 Å². The Labute approximate surface area is 156 Å². The Morgan fingerprint density at radius 1 is 1.07 bits per heavy atom. The van der Waals surface area contributed by atoms with Crippen molar-refractivity contribution in [2.24, 2.45) is 0 Å². The van der Waals surface area contributed by atoms with Crippen LogP contribution in [0.3, 0.4) is 0 Å². The second-order valence-electron chi connectivity index (χ2n) is 6.65. The third-order valence-corrected chi connectivity index (χ3v) is 4.80. The molecule has 144 valence electrons. The second-order valence-corrected chi connectivity index (χ2v) is 6.65. The Morgan fingerprint density at radius 3 is 2.37 bits per heavy atom. The minimum absolute atomic E-state index is 0.0144. The molecule has 1 saturated heterocycles. The topological polar surface area (TPSA) is 105 Å². The van der Waals surface area contributed by atoms with Crippen molar-refractivity contribution in [3.8, 4) is 23.0 Å². The van der Waals surface area contributed by atoms with E-state index < -0.39 is 11.6 Å². The van der Waals surface area contributed by atoms with Crippen molar-refractivity contribution in [1.29, 1.82) is 0 Å². The summed E-state index contributed by atoms with van der Waals surface area (Å²) >= 11 is 0. The molecule has 1 heterocycles. The number of aromatic hydroxyl groups is 2. The average Bonchev–Trinajstić information content (AvgIpc) is 2.66. The molecule has 0 aliphatic carbocycles. The number of carbonyl (C=O) groups excluding carboxylic acids is 1. The van der Waals surface area contributed by atoms with Gasteiger partial charge in [-0.3, -0.25) is 0 Å². The molecule has 7 heteroatoms. The van der Waals surface area contributed by atoms with Crippen LogP contribution in [0.1, 0.15) is 23.5 Å². The Kier molecular flexibility index (Phi) is 5.14. The van der Waals surface area contributed by atoms with Crippen molar-refractivity contribution in [2.75, 3.05) is 20.8 Å². The standard InChI is InChI=1S/C20H22O7/c1-25-17-7-12(3-5-15(17)21)9-20(24)10-14(11-27-19(20)23)13-4-6-16(22)18(8-13)26-2/h3-8,14,21-22,24H,9-11H2,1-2H3/t14-,20+/m1/s1. The first kappa shape index (κ1) is 18.8. The van der Waals surface area contributed by atoms with Gasteiger partial charge in [0.15, 0.2) is 28.6 Å². The van der Waals surface area contributed by atoms with Crippen molar-refractivity contribution >= 4 is 5.97 Å². The van der Waals surface area contributed by atoms with Crippen LogP contribution in [0.2, 0.25) is 0 Å². The molecule has 2 atom stereocenters. The van der Waals surface area contributed by atoms with Gasteiger partial charge in [0.05, 0.1) is 20.8 Å². The molecule has 1 aliphatic rings. The lowest BCUT2D eigenvalue weighted by molar-refractivity contribution is -0.175. The summed E-state index contributed by atoms with van der Waals surface area (Å²) in [6, 6.07) is 9.54. The summed E-state index contributed by atoms with van der Waals surface area (Å²) in [7, 11) is 2.88. The number of cyclic esters (lactones) is 1. The molecule has 0 aromatic heterocycles. The van der Waals surface area contributed by atoms with E-state index >= 15 is 0 Å². The number of hydrogen-bond acceptors (Lipinski definition) is 7. The van der Waals surface area contributed by atoms with Gasteiger partial charge in [0, 0.05) is 12.3 Å². The van der Waals surface area contributed by atoms with E-state index in [1.54, 1.807) is 24.3 Å². The van der Waals surface area contributed by atoms with Crippen LogP contribution < -0.4 is 9.47 Å². The number of carbonyl (C=O) groups is 1. The van der Waals surface area contributed by atoms with Crippen LogP contribution in [0, 0.1) is 0 Å². The lowest BCUT2D eigenvalue weighted by atomic mass is 9.80. The number of rotatable bonds is 5. The van der Waals surface area contributed by atoms with Crippen LogP contribution in [0.4, 0.5) is 0 Å². The zero-order chi connectivity index (χ0) is 19.6. The zero-order valence-corrected chi connectivity index (χ0v) is 15.1. The Hall–Kier alpha value is -2.93. The molecular formula is C20H22O7. The first-order valence-corrected chi connectivity index (χ1v) is 8.48. The van der Waals surface area contributed by atoms with Crippen LogP contribution in [0.5, 0.6) is 23.0 Å². The van der Waals surface area contributed by atoms with Crippen molar-refractivity contribution < 1.29 is 34.3 Å². The predicted molar refractivity (Wildman–Crippen MR) is 96.3 cm³/mol. The van der Waals surface area contributed by atoms with Gasteiger partial charge in [0.25, 0.3) is 0 Å². The predicted octanol–water partition coefficient (Wildman–Crippen LogP) is 2.12. The highest BCUT2D eigenvalue weighted by molar-refractivity contribution is 5.80. The maximum atomic E-state index is 12.3. The van der Waals surface area contributed by atoms with Gasteiger partial charge in [0.2, 0.25) is 0 Å². The summed E-state index contributed by atoms with van der Waals surface area (Å²) in [5.41, 5.74) is -0.289. The summed E-state index contributed by atoms with van der Waals surface area (Å²) in [5.74, 6) is -0.358.